The molecule has 7 heteroatoms. The monoisotopic (exact) mass is 435 g/mol. The van der Waals surface area contributed by atoms with E-state index in [1.807, 2.05) is 53.2 Å². The van der Waals surface area contributed by atoms with E-state index >= 15 is 0 Å². The fraction of sp³-hybridized carbons (Fsp3) is 0.192. The van der Waals surface area contributed by atoms with Crippen molar-refractivity contribution in [3.63, 3.8) is 0 Å². The molecule has 33 heavy (non-hydrogen) atoms. The number of aromatic nitrogens is 7. The highest BCUT2D eigenvalue weighted by atomic mass is 15.5. The van der Waals surface area contributed by atoms with Crippen molar-refractivity contribution in [2.45, 2.75) is 32.7 Å². The molecule has 3 aromatic carbocycles. The Balaban J connectivity index is 1.46. The quantitative estimate of drug-likeness (QED) is 0.413. The molecule has 0 spiro atoms. The summed E-state index contributed by atoms with van der Waals surface area (Å²) in [5.41, 5.74) is 5.14. The van der Waals surface area contributed by atoms with Crippen LogP contribution < -0.4 is 0 Å². The molecular weight excluding hydrogens is 410 g/mol. The second kappa shape index (κ2) is 8.43. The Morgan fingerprint density at radius 3 is 2.12 bits per heavy atom. The Kier molecular flexibility index (Phi) is 5.30. The van der Waals surface area contributed by atoms with Crippen LogP contribution in [-0.2, 0) is 12.0 Å². The molecule has 0 aliphatic carbocycles. The SMILES string of the molecule is CC(C)(C)n1nc(-c2ccccc2)nc1Cc1ccc(-c2ccccc2-c2nn[nH]n2)cc1. The lowest BCUT2D eigenvalue weighted by Gasteiger charge is -2.21. The summed E-state index contributed by atoms with van der Waals surface area (Å²) >= 11 is 0. The van der Waals surface area contributed by atoms with Crippen molar-refractivity contribution in [3.05, 3.63) is 90.3 Å². The molecule has 0 aliphatic rings. The summed E-state index contributed by atoms with van der Waals surface area (Å²) < 4.78 is 2.04. The Morgan fingerprint density at radius 2 is 1.45 bits per heavy atom. The van der Waals surface area contributed by atoms with Crippen LogP contribution in [0.1, 0.15) is 32.2 Å². The first-order valence-corrected chi connectivity index (χ1v) is 10.9. The smallest absolute Gasteiger partial charge is 0.205 e. The molecule has 5 aromatic rings. The minimum atomic E-state index is -0.168. The van der Waals surface area contributed by atoms with E-state index in [9.17, 15) is 0 Å². The van der Waals surface area contributed by atoms with Crippen molar-refractivity contribution in [1.29, 1.82) is 0 Å². The van der Waals surface area contributed by atoms with Crippen molar-refractivity contribution >= 4 is 0 Å². The van der Waals surface area contributed by atoms with E-state index in [1.54, 1.807) is 0 Å². The molecular formula is C26H25N7. The number of aromatic amines is 1. The van der Waals surface area contributed by atoms with E-state index < -0.39 is 0 Å². The largest absolute Gasteiger partial charge is 0.244 e. The van der Waals surface area contributed by atoms with Crippen LogP contribution in [0.2, 0.25) is 0 Å². The molecule has 7 nitrogen and oxygen atoms in total. The summed E-state index contributed by atoms with van der Waals surface area (Å²) in [6.45, 7) is 6.45. The number of nitrogens with one attached hydrogen (secondary N) is 1. The zero-order valence-corrected chi connectivity index (χ0v) is 18.9. The molecule has 0 unspecified atom stereocenters. The van der Waals surface area contributed by atoms with Gasteiger partial charge in [-0.3, -0.25) is 0 Å². The summed E-state index contributed by atoms with van der Waals surface area (Å²) in [6.07, 6.45) is 0.698. The highest BCUT2D eigenvalue weighted by Crippen LogP contribution is 2.30. The number of benzene rings is 3. The van der Waals surface area contributed by atoms with Crippen molar-refractivity contribution in [2.24, 2.45) is 0 Å². The molecule has 0 fully saturated rings. The van der Waals surface area contributed by atoms with Crippen LogP contribution >= 0.6 is 0 Å². The third-order valence-corrected chi connectivity index (χ3v) is 5.48. The maximum absolute atomic E-state index is 4.90. The average molecular weight is 436 g/mol. The van der Waals surface area contributed by atoms with Gasteiger partial charge in [-0.25, -0.2) is 9.67 Å². The summed E-state index contributed by atoms with van der Waals surface area (Å²) in [4.78, 5) is 4.90. The van der Waals surface area contributed by atoms with Gasteiger partial charge < -0.3 is 0 Å². The maximum Gasteiger partial charge on any atom is 0.205 e. The first-order chi connectivity index (χ1) is 16.0. The van der Waals surface area contributed by atoms with Crippen molar-refractivity contribution in [1.82, 2.24) is 35.4 Å². The van der Waals surface area contributed by atoms with Crippen LogP contribution in [0.3, 0.4) is 0 Å². The number of tetrazole rings is 1. The minimum absolute atomic E-state index is 0.168. The standard InChI is InChI=1S/C26H25N7/c1-26(2,3)33-23(27-24(30-33)20-9-5-4-6-10-20)17-18-13-15-19(16-14-18)21-11-7-8-12-22(21)25-28-31-32-29-25/h4-16H,17H2,1-3H3,(H,28,29,31,32). The lowest BCUT2D eigenvalue weighted by Crippen LogP contribution is -2.25. The van der Waals surface area contributed by atoms with Crippen LogP contribution in [-0.4, -0.2) is 35.4 Å². The minimum Gasteiger partial charge on any atom is -0.244 e. The highest BCUT2D eigenvalue weighted by Gasteiger charge is 2.22. The van der Waals surface area contributed by atoms with E-state index in [1.165, 1.54) is 5.56 Å². The van der Waals surface area contributed by atoms with E-state index in [0.717, 1.165) is 33.9 Å². The number of hydrogen-bond acceptors (Lipinski definition) is 5. The second-order valence-electron chi connectivity index (χ2n) is 8.95. The molecule has 164 valence electrons. The molecule has 0 radical (unpaired) electrons. The normalized spacial score (nSPS) is 11.6. The number of nitrogens with zero attached hydrogens (tertiary/aromatic N) is 6. The number of rotatable bonds is 5. The molecule has 0 saturated carbocycles. The zero-order chi connectivity index (χ0) is 22.8. The molecule has 0 saturated heterocycles. The summed E-state index contributed by atoms with van der Waals surface area (Å²) in [5, 5.41) is 19.3. The van der Waals surface area contributed by atoms with Gasteiger partial charge in [0.05, 0.1) is 5.54 Å². The Bertz CT molecular complexity index is 1350. The Hall–Kier alpha value is -4.13. The van der Waals surface area contributed by atoms with Crippen molar-refractivity contribution in [2.75, 3.05) is 0 Å². The molecule has 0 aliphatic heterocycles. The van der Waals surface area contributed by atoms with Gasteiger partial charge >= 0.3 is 0 Å². The van der Waals surface area contributed by atoms with Gasteiger partial charge in [0.15, 0.2) is 5.82 Å². The Morgan fingerprint density at radius 1 is 0.758 bits per heavy atom. The summed E-state index contributed by atoms with van der Waals surface area (Å²) in [5.74, 6) is 2.29. The number of hydrogen-bond donors (Lipinski definition) is 1. The van der Waals surface area contributed by atoms with Crippen LogP contribution in [0.5, 0.6) is 0 Å². The third kappa shape index (κ3) is 4.30. The van der Waals surface area contributed by atoms with Gasteiger partial charge in [-0.1, -0.05) is 78.9 Å². The van der Waals surface area contributed by atoms with Crippen LogP contribution in [0.15, 0.2) is 78.9 Å². The topological polar surface area (TPSA) is 85.2 Å². The molecule has 2 heterocycles. The van der Waals surface area contributed by atoms with Gasteiger partial charge in [0, 0.05) is 17.5 Å². The third-order valence-electron chi connectivity index (χ3n) is 5.48. The first-order valence-electron chi connectivity index (χ1n) is 10.9. The second-order valence-corrected chi connectivity index (χ2v) is 8.95. The maximum atomic E-state index is 4.90. The van der Waals surface area contributed by atoms with Crippen LogP contribution in [0.25, 0.3) is 33.9 Å². The molecule has 0 atom stereocenters. The fourth-order valence-corrected chi connectivity index (χ4v) is 3.90. The number of H-pyrrole nitrogens is 1. The first kappa shape index (κ1) is 20.8. The van der Waals surface area contributed by atoms with Crippen LogP contribution in [0.4, 0.5) is 0 Å². The summed E-state index contributed by atoms with van der Waals surface area (Å²) in [7, 11) is 0. The van der Waals surface area contributed by atoms with Gasteiger partial charge in [0.1, 0.15) is 5.82 Å². The zero-order valence-electron chi connectivity index (χ0n) is 18.9. The van der Waals surface area contributed by atoms with Gasteiger partial charge in [-0.2, -0.15) is 10.3 Å². The summed E-state index contributed by atoms with van der Waals surface area (Å²) in [6, 6.07) is 26.7. The van der Waals surface area contributed by atoms with Gasteiger partial charge in [-0.15, -0.1) is 10.2 Å². The lowest BCUT2D eigenvalue weighted by atomic mass is 9.97. The molecule has 1 N–H and O–H groups in total. The average Bonchev–Trinajstić information content (AvgIpc) is 3.51. The van der Waals surface area contributed by atoms with Crippen LogP contribution in [0, 0.1) is 0 Å². The fourth-order valence-electron chi connectivity index (χ4n) is 3.90. The molecule has 0 bridgehead atoms. The van der Waals surface area contributed by atoms with Crippen molar-refractivity contribution < 1.29 is 0 Å². The molecule has 2 aromatic heterocycles. The predicted octanol–water partition coefficient (Wildman–Crippen LogP) is 5.14. The van der Waals surface area contributed by atoms with Gasteiger partial charge in [0.25, 0.3) is 0 Å². The van der Waals surface area contributed by atoms with Crippen molar-refractivity contribution in [3.8, 4) is 33.9 Å². The predicted molar refractivity (Wildman–Crippen MR) is 128 cm³/mol. The van der Waals surface area contributed by atoms with Gasteiger partial charge in [0.2, 0.25) is 5.82 Å². The lowest BCUT2D eigenvalue weighted by molar-refractivity contribution is 0.344. The molecule has 0 amide bonds. The molecule has 5 rings (SSSR count). The highest BCUT2D eigenvalue weighted by molar-refractivity contribution is 5.80. The van der Waals surface area contributed by atoms with E-state index in [2.05, 4.69) is 71.7 Å². The van der Waals surface area contributed by atoms with E-state index in [-0.39, 0.29) is 5.54 Å². The van der Waals surface area contributed by atoms with Gasteiger partial charge in [-0.05, 0) is 42.7 Å². The Labute approximate surface area is 192 Å². The van der Waals surface area contributed by atoms with E-state index in [0.29, 0.717) is 12.2 Å². The van der Waals surface area contributed by atoms with E-state index in [4.69, 9.17) is 10.1 Å².